The first-order valence-electron chi connectivity index (χ1n) is 7.11. The molecule has 2 N–H and O–H groups in total. The Bertz CT molecular complexity index is 322. The molecule has 0 aromatic heterocycles. The van der Waals surface area contributed by atoms with Crippen LogP contribution in [-0.4, -0.2) is 6.54 Å². The molecule has 17 heavy (non-hydrogen) atoms. The van der Waals surface area contributed by atoms with E-state index in [0.717, 1.165) is 18.9 Å². The van der Waals surface area contributed by atoms with Crippen LogP contribution < -0.4 is 5.73 Å². The highest BCUT2D eigenvalue weighted by Crippen LogP contribution is 2.32. The van der Waals surface area contributed by atoms with Gasteiger partial charge in [0, 0.05) is 0 Å². The highest BCUT2D eigenvalue weighted by Gasteiger charge is 2.23. The highest BCUT2D eigenvalue weighted by molar-refractivity contribution is 5.23. The van der Waals surface area contributed by atoms with E-state index >= 15 is 0 Å². The molecule has 94 valence electrons. The number of aryl methyl sites for hydroxylation is 1. The molecule has 0 amide bonds. The van der Waals surface area contributed by atoms with E-state index in [1.165, 1.54) is 43.2 Å². The van der Waals surface area contributed by atoms with Crippen molar-refractivity contribution >= 4 is 0 Å². The molecule has 1 fully saturated rings. The molecule has 0 aliphatic heterocycles. The van der Waals surface area contributed by atoms with E-state index in [-0.39, 0.29) is 0 Å². The van der Waals surface area contributed by atoms with Crippen molar-refractivity contribution in [1.29, 1.82) is 0 Å². The van der Waals surface area contributed by atoms with Crippen LogP contribution in [0.25, 0.3) is 0 Å². The van der Waals surface area contributed by atoms with E-state index < -0.39 is 0 Å². The SMILES string of the molecule is CCc1ccc(CC(CN)C2CCCC2)cc1. The van der Waals surface area contributed by atoms with Gasteiger partial charge >= 0.3 is 0 Å². The van der Waals surface area contributed by atoms with Crippen molar-refractivity contribution in [2.75, 3.05) is 6.54 Å². The third-order valence-electron chi connectivity index (χ3n) is 4.30. The molecule has 2 rings (SSSR count). The van der Waals surface area contributed by atoms with Crippen LogP contribution in [0.5, 0.6) is 0 Å². The van der Waals surface area contributed by atoms with Gasteiger partial charge in [0.05, 0.1) is 0 Å². The fraction of sp³-hybridized carbons (Fsp3) is 0.625. The zero-order valence-corrected chi connectivity index (χ0v) is 11.0. The zero-order chi connectivity index (χ0) is 12.1. The minimum Gasteiger partial charge on any atom is -0.330 e. The second kappa shape index (κ2) is 6.20. The molecule has 0 bridgehead atoms. The Labute approximate surface area is 105 Å². The lowest BCUT2D eigenvalue weighted by molar-refractivity contribution is 0.345. The van der Waals surface area contributed by atoms with Crippen molar-refractivity contribution in [3.05, 3.63) is 35.4 Å². The summed E-state index contributed by atoms with van der Waals surface area (Å²) in [5.41, 5.74) is 8.85. The van der Waals surface area contributed by atoms with Crippen molar-refractivity contribution in [1.82, 2.24) is 0 Å². The molecule has 1 heteroatoms. The van der Waals surface area contributed by atoms with E-state index in [0.29, 0.717) is 5.92 Å². The third kappa shape index (κ3) is 3.32. The van der Waals surface area contributed by atoms with Gasteiger partial charge in [-0.3, -0.25) is 0 Å². The monoisotopic (exact) mass is 231 g/mol. The lowest BCUT2D eigenvalue weighted by atomic mass is 9.85. The molecule has 1 nitrogen and oxygen atoms in total. The van der Waals surface area contributed by atoms with E-state index in [2.05, 4.69) is 31.2 Å². The van der Waals surface area contributed by atoms with E-state index in [1.807, 2.05) is 0 Å². The molecular weight excluding hydrogens is 206 g/mol. The van der Waals surface area contributed by atoms with E-state index in [1.54, 1.807) is 0 Å². The van der Waals surface area contributed by atoms with Crippen molar-refractivity contribution in [3.8, 4) is 0 Å². The van der Waals surface area contributed by atoms with Crippen LogP contribution in [0.3, 0.4) is 0 Å². The van der Waals surface area contributed by atoms with Crippen molar-refractivity contribution < 1.29 is 0 Å². The maximum atomic E-state index is 5.96. The van der Waals surface area contributed by atoms with Gasteiger partial charge in [0.1, 0.15) is 0 Å². The van der Waals surface area contributed by atoms with Gasteiger partial charge in [-0.15, -0.1) is 0 Å². The maximum absolute atomic E-state index is 5.96. The van der Waals surface area contributed by atoms with Crippen LogP contribution >= 0.6 is 0 Å². The zero-order valence-electron chi connectivity index (χ0n) is 11.0. The molecule has 1 aromatic rings. The Kier molecular flexibility index (Phi) is 4.61. The van der Waals surface area contributed by atoms with Gasteiger partial charge in [0.25, 0.3) is 0 Å². The Morgan fingerprint density at radius 1 is 1.12 bits per heavy atom. The molecule has 0 heterocycles. The van der Waals surface area contributed by atoms with Crippen molar-refractivity contribution in [2.45, 2.75) is 45.4 Å². The molecule has 0 spiro atoms. The molecular formula is C16H25N. The molecule has 0 radical (unpaired) electrons. The van der Waals surface area contributed by atoms with E-state index in [9.17, 15) is 0 Å². The standard InChI is InChI=1S/C16H25N/c1-2-13-7-9-14(10-8-13)11-16(12-17)15-5-3-4-6-15/h7-10,15-16H,2-6,11-12,17H2,1H3. The summed E-state index contributed by atoms with van der Waals surface area (Å²) < 4.78 is 0. The summed E-state index contributed by atoms with van der Waals surface area (Å²) in [7, 11) is 0. The third-order valence-corrected chi connectivity index (χ3v) is 4.30. The first-order valence-corrected chi connectivity index (χ1v) is 7.11. The summed E-state index contributed by atoms with van der Waals surface area (Å²) in [5.74, 6) is 1.58. The van der Waals surface area contributed by atoms with Crippen LogP contribution in [0.1, 0.15) is 43.7 Å². The maximum Gasteiger partial charge on any atom is -0.00430 e. The quantitative estimate of drug-likeness (QED) is 0.824. The summed E-state index contributed by atoms with van der Waals surface area (Å²) >= 11 is 0. The van der Waals surface area contributed by atoms with Gasteiger partial charge < -0.3 is 5.73 Å². The Morgan fingerprint density at radius 2 is 1.71 bits per heavy atom. The normalized spacial score (nSPS) is 18.5. The Morgan fingerprint density at radius 3 is 2.24 bits per heavy atom. The summed E-state index contributed by atoms with van der Waals surface area (Å²) in [4.78, 5) is 0. The van der Waals surface area contributed by atoms with Crippen molar-refractivity contribution in [2.24, 2.45) is 17.6 Å². The van der Waals surface area contributed by atoms with Crippen LogP contribution in [-0.2, 0) is 12.8 Å². The van der Waals surface area contributed by atoms with Crippen LogP contribution in [0, 0.1) is 11.8 Å². The average molecular weight is 231 g/mol. The molecule has 0 saturated heterocycles. The van der Waals surface area contributed by atoms with Gasteiger partial charge in [-0.05, 0) is 42.3 Å². The Balaban J connectivity index is 1.96. The molecule has 1 atom stereocenters. The summed E-state index contributed by atoms with van der Waals surface area (Å²) in [6, 6.07) is 9.10. The number of benzene rings is 1. The summed E-state index contributed by atoms with van der Waals surface area (Å²) in [5, 5.41) is 0. The predicted octanol–water partition coefficient (Wildman–Crippen LogP) is 3.56. The summed E-state index contributed by atoms with van der Waals surface area (Å²) in [6.45, 7) is 3.05. The Hall–Kier alpha value is -0.820. The first-order chi connectivity index (χ1) is 8.33. The summed E-state index contributed by atoms with van der Waals surface area (Å²) in [6.07, 6.45) is 7.92. The molecule has 1 unspecified atom stereocenters. The number of rotatable bonds is 5. The van der Waals surface area contributed by atoms with Gasteiger partial charge in [0.2, 0.25) is 0 Å². The van der Waals surface area contributed by atoms with Crippen LogP contribution in [0.15, 0.2) is 24.3 Å². The van der Waals surface area contributed by atoms with Gasteiger partial charge in [-0.2, -0.15) is 0 Å². The number of hydrogen-bond acceptors (Lipinski definition) is 1. The topological polar surface area (TPSA) is 26.0 Å². The molecule has 1 aromatic carbocycles. The molecule has 1 aliphatic rings. The lowest BCUT2D eigenvalue weighted by Crippen LogP contribution is -2.23. The minimum atomic E-state index is 0.699. The largest absolute Gasteiger partial charge is 0.330 e. The van der Waals surface area contributed by atoms with E-state index in [4.69, 9.17) is 5.73 Å². The number of nitrogens with two attached hydrogens (primary N) is 1. The second-order valence-electron chi connectivity index (χ2n) is 5.41. The van der Waals surface area contributed by atoms with Gasteiger partial charge in [-0.25, -0.2) is 0 Å². The van der Waals surface area contributed by atoms with Crippen LogP contribution in [0.2, 0.25) is 0 Å². The molecule has 1 saturated carbocycles. The van der Waals surface area contributed by atoms with Crippen molar-refractivity contribution in [3.63, 3.8) is 0 Å². The second-order valence-corrected chi connectivity index (χ2v) is 5.41. The highest BCUT2D eigenvalue weighted by atomic mass is 14.6. The fourth-order valence-corrected chi connectivity index (χ4v) is 3.09. The van der Waals surface area contributed by atoms with Gasteiger partial charge in [-0.1, -0.05) is 56.9 Å². The molecule has 1 aliphatic carbocycles. The smallest absolute Gasteiger partial charge is 0.00430 e. The fourth-order valence-electron chi connectivity index (χ4n) is 3.09. The lowest BCUT2D eigenvalue weighted by Gasteiger charge is -2.21. The van der Waals surface area contributed by atoms with Crippen LogP contribution in [0.4, 0.5) is 0 Å². The minimum absolute atomic E-state index is 0.699. The van der Waals surface area contributed by atoms with Gasteiger partial charge in [0.15, 0.2) is 0 Å². The first kappa shape index (κ1) is 12.6. The predicted molar refractivity (Wildman–Crippen MR) is 74.0 cm³/mol. The average Bonchev–Trinajstić information content (AvgIpc) is 2.90. The number of hydrogen-bond donors (Lipinski definition) is 1.